The number of rotatable bonds is 23. The highest BCUT2D eigenvalue weighted by molar-refractivity contribution is 6.36. The van der Waals surface area contributed by atoms with Gasteiger partial charge in [0.1, 0.15) is 47.9 Å². The lowest BCUT2D eigenvalue weighted by molar-refractivity contribution is -0.143. The number of hydrogen-bond donors (Lipinski definition) is 7. The van der Waals surface area contributed by atoms with Crippen molar-refractivity contribution in [1.29, 1.82) is 0 Å². The largest absolute Gasteiger partial charge is 0.480 e. The first kappa shape index (κ1) is 90.5. The molecule has 0 aliphatic carbocycles. The lowest BCUT2D eigenvalue weighted by Gasteiger charge is -2.37. The Bertz CT molecular complexity index is 4460. The maximum atomic E-state index is 14.2. The number of aliphatic hydroxyl groups is 3. The number of benzene rings is 9. The molecule has 0 saturated carbocycles. The van der Waals surface area contributed by atoms with Gasteiger partial charge in [-0.1, -0.05) is 271 Å². The molecule has 2 saturated heterocycles. The van der Waals surface area contributed by atoms with E-state index in [0.717, 1.165) is 55.9 Å². The molecule has 0 unspecified atom stereocenters. The average Bonchev–Trinajstić information content (AvgIpc) is 1.59. The van der Waals surface area contributed by atoms with Gasteiger partial charge in [0.2, 0.25) is 5.91 Å². The van der Waals surface area contributed by atoms with Crippen molar-refractivity contribution in [2.45, 2.75) is 173 Å². The maximum absolute atomic E-state index is 14.2. The van der Waals surface area contributed by atoms with Gasteiger partial charge in [-0.3, -0.25) is 34.3 Å². The highest BCUT2D eigenvalue weighted by atomic mass is 35.5. The third-order valence-electron chi connectivity index (χ3n) is 18.4. The molecule has 11 rings (SSSR count). The lowest BCUT2D eigenvalue weighted by Crippen LogP contribution is -2.47. The van der Waals surface area contributed by atoms with Crippen LogP contribution in [-0.2, 0) is 59.1 Å². The molecule has 11 atom stereocenters. The van der Waals surface area contributed by atoms with E-state index in [2.05, 4.69) is 5.32 Å². The van der Waals surface area contributed by atoms with E-state index in [4.69, 9.17) is 66.7 Å². The molecular formula is C89H100Cl4N6O14. The molecule has 8 N–H and O–H groups in total. The zero-order valence-electron chi connectivity index (χ0n) is 64.6. The topological polar surface area (TPSA) is 290 Å². The van der Waals surface area contributed by atoms with Crippen molar-refractivity contribution >= 4 is 88.6 Å². The van der Waals surface area contributed by atoms with Gasteiger partial charge in [0, 0.05) is 75.0 Å². The van der Waals surface area contributed by atoms with Crippen molar-refractivity contribution in [3.8, 4) is 0 Å². The molecule has 9 aromatic rings. The summed E-state index contributed by atoms with van der Waals surface area (Å²) in [6.07, 6.45) is -3.29. The Morgan fingerprint density at radius 3 is 1.25 bits per heavy atom. The zero-order chi connectivity index (χ0) is 82.7. The predicted octanol–water partition coefficient (Wildman–Crippen LogP) is 16.9. The van der Waals surface area contributed by atoms with Crippen LogP contribution in [0.25, 0.3) is 0 Å². The number of aryl methyl sites for hydroxylation is 1. The minimum Gasteiger partial charge on any atom is -0.480 e. The molecule has 24 heteroatoms. The fourth-order valence-electron chi connectivity index (χ4n) is 12.8. The Morgan fingerprint density at radius 1 is 0.487 bits per heavy atom. The van der Waals surface area contributed by atoms with Crippen LogP contribution in [0.15, 0.2) is 249 Å². The minimum atomic E-state index is -1.23. The smallest absolute Gasteiger partial charge is 0.418 e. The van der Waals surface area contributed by atoms with Gasteiger partial charge in [0.15, 0.2) is 0 Å². The Balaban J connectivity index is 0.000000209. The Kier molecular flexibility index (Phi) is 34.9. The standard InChI is InChI=1S/C30H32Cl2N2O4.C22H24Cl2N2O3.C18H21NO3.C10H13NO3.C9H10O/c1-19(21-14-9-6-10-15-21)33-26(24(35)18-20-12-7-5-8-13-20)28(36)34(29(37)38-30(2,3)4)27(33)25-22(31)16-11-17-23(25)32;1-14(15-9-6-5-7-10-15)25-13-18(27)26(21(28)29-22(2,3)4)20(25)19-16(23)11-8-12-17(19)24;1-13(15-10-6-3-7-11-15)19-17(18(21)22)16(20)12-14-8-4-2-5-9-14;11-9(10(13)14)8(12)6-7-4-2-1-3-5-7;10-8-4-7-9-5-2-1-3-6-9/h5-17,19,24,26-27,35H,18H2,1-4H3;5-12,14,20H,13H2,1-4H3;2-11,13,16-17,19-20H,12H2,1H3,(H,21,22);1-5,8-9,12H,6,11H2,(H,13,14);1-3,5-6,8H,4,7H2/t19-,24-,26+,27-;14-,20-;13-,16-,17+;8-,9+;/m1111./s1. The molecule has 2 fully saturated rings. The van der Waals surface area contributed by atoms with E-state index in [9.17, 15) is 54.0 Å². The van der Waals surface area contributed by atoms with E-state index in [1.165, 1.54) is 5.56 Å². The number of nitrogens with two attached hydrogens (primary N) is 1. The van der Waals surface area contributed by atoms with Crippen LogP contribution in [0.1, 0.15) is 149 Å². The van der Waals surface area contributed by atoms with E-state index < -0.39 is 96.0 Å². The summed E-state index contributed by atoms with van der Waals surface area (Å²) in [7, 11) is 0. The third kappa shape index (κ3) is 26.7. The Morgan fingerprint density at radius 2 is 0.850 bits per heavy atom. The highest BCUT2D eigenvalue weighted by Crippen LogP contribution is 2.48. The normalized spacial score (nSPS) is 17.1. The maximum Gasteiger partial charge on any atom is 0.418 e. The Labute approximate surface area is 681 Å². The molecular weight excluding hydrogens is 1520 g/mol. The fraction of sp³-hybridized carbons (Fsp3) is 0.315. The van der Waals surface area contributed by atoms with Gasteiger partial charge < -0.3 is 45.5 Å². The number of aliphatic hydroxyl groups excluding tert-OH is 3. The number of aliphatic carboxylic acids is 2. The molecule has 4 amide bonds. The summed E-state index contributed by atoms with van der Waals surface area (Å²) in [4.78, 5) is 91.5. The summed E-state index contributed by atoms with van der Waals surface area (Å²) < 4.78 is 11.2. The van der Waals surface area contributed by atoms with Crippen molar-refractivity contribution in [2.24, 2.45) is 5.73 Å². The van der Waals surface area contributed by atoms with E-state index in [-0.39, 0.29) is 37.4 Å². The van der Waals surface area contributed by atoms with Crippen molar-refractivity contribution in [3.05, 3.63) is 319 Å². The van der Waals surface area contributed by atoms with E-state index in [1.807, 2.05) is 243 Å². The van der Waals surface area contributed by atoms with Crippen LogP contribution in [0.4, 0.5) is 9.59 Å². The second-order valence-corrected chi connectivity index (χ2v) is 30.8. The number of nitrogens with zero attached hydrogens (tertiary/aromatic N) is 4. The molecule has 2 aliphatic heterocycles. The first-order valence-electron chi connectivity index (χ1n) is 37.0. The molecule has 9 aromatic carbocycles. The predicted molar refractivity (Wildman–Crippen MR) is 441 cm³/mol. The summed E-state index contributed by atoms with van der Waals surface area (Å²) in [5.74, 6) is -3.17. The van der Waals surface area contributed by atoms with E-state index in [1.54, 1.807) is 77.9 Å². The summed E-state index contributed by atoms with van der Waals surface area (Å²) >= 11 is 26.3. The van der Waals surface area contributed by atoms with Gasteiger partial charge in [-0.2, -0.15) is 0 Å². The van der Waals surface area contributed by atoms with Gasteiger partial charge in [-0.25, -0.2) is 19.4 Å². The number of carbonyl (C=O) groups excluding carboxylic acids is 5. The molecule has 0 aromatic heterocycles. The lowest BCUT2D eigenvalue weighted by atomic mass is 9.97. The first-order chi connectivity index (χ1) is 53.7. The van der Waals surface area contributed by atoms with Crippen LogP contribution in [-0.4, -0.2) is 142 Å². The number of imide groups is 2. The van der Waals surface area contributed by atoms with Crippen molar-refractivity contribution in [3.63, 3.8) is 0 Å². The summed E-state index contributed by atoms with van der Waals surface area (Å²) in [5, 5.41) is 53.6. The van der Waals surface area contributed by atoms with Crippen LogP contribution in [0.3, 0.4) is 0 Å². The second kappa shape index (κ2) is 43.6. The van der Waals surface area contributed by atoms with Crippen molar-refractivity contribution in [1.82, 2.24) is 24.9 Å². The number of halogens is 4. The molecule has 0 radical (unpaired) electrons. The fourth-order valence-corrected chi connectivity index (χ4v) is 14.0. The van der Waals surface area contributed by atoms with Gasteiger partial charge in [-0.15, -0.1) is 0 Å². The number of carbonyl (C=O) groups is 7. The number of ether oxygens (including phenoxy) is 2. The minimum absolute atomic E-state index is 0.0432. The number of aldehydes is 1. The molecule has 20 nitrogen and oxygen atoms in total. The van der Waals surface area contributed by atoms with Crippen LogP contribution in [0.2, 0.25) is 20.1 Å². The number of hydrogen-bond acceptors (Lipinski definition) is 16. The Hall–Kier alpha value is -9.65. The van der Waals surface area contributed by atoms with Crippen LogP contribution in [0, 0.1) is 0 Å². The SMILES string of the molecule is C[C@@H](N[C@H](C(=O)O)[C@H](O)Cc1ccccc1)c1ccccc1.C[C@H](c1ccccc1)N1CC(=O)N(C(=O)OC(C)(C)C)[C@@H]1c1c(Cl)cccc1Cl.C[C@H](c1ccccc1)N1[C@@H]([C@H](O)Cc2ccccc2)C(=O)N(C(=O)OC(C)(C)C)[C@@H]1c1c(Cl)cccc1Cl.N[C@H](C(=O)O)[C@H](O)Cc1ccccc1.O=CCCc1ccccc1. The summed E-state index contributed by atoms with van der Waals surface area (Å²) in [5.41, 5.74) is 11.3. The highest BCUT2D eigenvalue weighted by Gasteiger charge is 2.56. The number of nitrogens with one attached hydrogen (secondary N) is 1. The molecule has 113 heavy (non-hydrogen) atoms. The van der Waals surface area contributed by atoms with Gasteiger partial charge in [0.05, 0.1) is 24.9 Å². The summed E-state index contributed by atoms with van der Waals surface area (Å²) in [6.45, 7) is 16.3. The molecule has 2 heterocycles. The molecule has 0 bridgehead atoms. The quantitative estimate of drug-likeness (QED) is 0.0293. The van der Waals surface area contributed by atoms with Crippen molar-refractivity contribution < 1.29 is 68.6 Å². The van der Waals surface area contributed by atoms with Crippen LogP contribution >= 0.6 is 46.4 Å². The molecule has 2 aliphatic rings. The van der Waals surface area contributed by atoms with Gasteiger partial charge in [0.25, 0.3) is 5.91 Å². The number of carboxylic acids is 2. The van der Waals surface area contributed by atoms with E-state index in [0.29, 0.717) is 44.1 Å². The number of amides is 4. The van der Waals surface area contributed by atoms with Gasteiger partial charge in [-0.05, 0) is 132 Å². The van der Waals surface area contributed by atoms with Crippen LogP contribution in [0.5, 0.6) is 0 Å². The van der Waals surface area contributed by atoms with Crippen LogP contribution < -0.4 is 11.1 Å². The first-order valence-corrected chi connectivity index (χ1v) is 38.5. The number of carboxylic acid groups (broad SMARTS) is 2. The third-order valence-corrected chi connectivity index (χ3v) is 19.7. The van der Waals surface area contributed by atoms with Crippen molar-refractivity contribution in [2.75, 3.05) is 6.54 Å². The van der Waals surface area contributed by atoms with E-state index >= 15 is 0 Å². The zero-order valence-corrected chi connectivity index (χ0v) is 67.7. The summed E-state index contributed by atoms with van der Waals surface area (Å²) in [6, 6.07) is 73.0. The van der Waals surface area contributed by atoms with Gasteiger partial charge >= 0.3 is 24.1 Å². The average molecular weight is 1620 g/mol. The molecule has 0 spiro atoms. The molecule has 598 valence electrons. The second-order valence-electron chi connectivity index (χ2n) is 29.1. The monoisotopic (exact) mass is 1620 g/mol.